The third-order valence-electron chi connectivity index (χ3n) is 4.79. The predicted molar refractivity (Wildman–Crippen MR) is 92.2 cm³/mol. The van der Waals surface area contributed by atoms with Crippen molar-refractivity contribution in [3.63, 3.8) is 0 Å². The van der Waals surface area contributed by atoms with Gasteiger partial charge in [-0.3, -0.25) is 0 Å². The zero-order valence-electron chi connectivity index (χ0n) is 13.7. The van der Waals surface area contributed by atoms with Crippen LogP contribution in [0.1, 0.15) is 32.1 Å². The number of nitrogens with one attached hydrogen (secondary N) is 1. The summed E-state index contributed by atoms with van der Waals surface area (Å²) in [4.78, 5) is 21.0. The molecule has 2 saturated heterocycles. The number of carbonyl (C=O) groups excluding carboxylic acids is 1. The monoisotopic (exact) mass is 317 g/mol. The van der Waals surface area contributed by atoms with Crippen molar-refractivity contribution in [2.75, 3.05) is 26.2 Å². The molecule has 3 aliphatic heterocycles. The van der Waals surface area contributed by atoms with Crippen LogP contribution < -0.4 is 11.1 Å². The molecule has 0 aromatic heterocycles. The van der Waals surface area contributed by atoms with Gasteiger partial charge in [0.15, 0.2) is 0 Å². The number of amides is 2. The highest BCUT2D eigenvalue weighted by molar-refractivity contribution is 5.83. The maximum absolute atomic E-state index is 12.2. The minimum absolute atomic E-state index is 0.0489. The molecular weight excluding hydrogens is 290 g/mol. The first-order valence-corrected chi connectivity index (χ1v) is 8.66. The Morgan fingerprint density at radius 1 is 1.22 bits per heavy atom. The van der Waals surface area contributed by atoms with Gasteiger partial charge in [-0.05, 0) is 31.8 Å². The van der Waals surface area contributed by atoms with Gasteiger partial charge < -0.3 is 20.9 Å². The maximum atomic E-state index is 12.2. The summed E-state index contributed by atoms with van der Waals surface area (Å²) in [5, 5.41) is 3.17. The average Bonchev–Trinajstić information content (AvgIpc) is 2.95. The van der Waals surface area contributed by atoms with Gasteiger partial charge in [-0.15, -0.1) is 0 Å². The zero-order valence-corrected chi connectivity index (χ0v) is 13.7. The van der Waals surface area contributed by atoms with Crippen LogP contribution in [0.15, 0.2) is 29.4 Å². The molecule has 0 aromatic carbocycles. The Morgan fingerprint density at radius 3 is 2.78 bits per heavy atom. The van der Waals surface area contributed by atoms with Crippen LogP contribution in [0.2, 0.25) is 0 Å². The number of carbonyl (C=O) groups is 1. The molecule has 0 bridgehead atoms. The summed E-state index contributed by atoms with van der Waals surface area (Å²) < 4.78 is 0. The van der Waals surface area contributed by atoms with Crippen LogP contribution in [0.4, 0.5) is 4.79 Å². The number of hydrogen-bond donors (Lipinski definition) is 2. The molecule has 2 fully saturated rings. The lowest BCUT2D eigenvalue weighted by Gasteiger charge is -2.35. The van der Waals surface area contributed by atoms with Gasteiger partial charge in [-0.1, -0.05) is 12.2 Å². The third kappa shape index (κ3) is 4.34. The quantitative estimate of drug-likeness (QED) is 0.769. The van der Waals surface area contributed by atoms with Crippen molar-refractivity contribution in [1.82, 2.24) is 15.1 Å². The van der Waals surface area contributed by atoms with E-state index in [2.05, 4.69) is 21.3 Å². The first-order valence-electron chi connectivity index (χ1n) is 8.66. The second-order valence-electron chi connectivity index (χ2n) is 6.56. The molecule has 0 saturated carbocycles. The molecular formula is C17H27N5O. The lowest BCUT2D eigenvalue weighted by atomic mass is 10.0. The fraction of sp³-hybridized carbons (Fsp3) is 0.647. The molecule has 3 heterocycles. The molecule has 6 heteroatoms. The van der Waals surface area contributed by atoms with Crippen LogP contribution in [0.5, 0.6) is 0 Å². The van der Waals surface area contributed by atoms with E-state index in [1.807, 2.05) is 23.3 Å². The molecule has 1 atom stereocenters. The number of aliphatic imine (C=N–C) groups is 1. The van der Waals surface area contributed by atoms with Crippen LogP contribution in [-0.2, 0) is 0 Å². The van der Waals surface area contributed by atoms with Crippen LogP contribution in [0.3, 0.4) is 0 Å². The summed E-state index contributed by atoms with van der Waals surface area (Å²) >= 11 is 0. The highest BCUT2D eigenvalue weighted by Crippen LogP contribution is 2.15. The van der Waals surface area contributed by atoms with Crippen LogP contribution >= 0.6 is 0 Å². The van der Waals surface area contributed by atoms with Gasteiger partial charge in [0.1, 0.15) is 5.84 Å². The van der Waals surface area contributed by atoms with Gasteiger partial charge in [-0.25, -0.2) is 9.79 Å². The molecule has 0 spiro atoms. The molecule has 126 valence electrons. The number of amidine groups is 1. The number of hydrogen-bond acceptors (Lipinski definition) is 4. The molecule has 2 amide bonds. The van der Waals surface area contributed by atoms with Gasteiger partial charge in [0.25, 0.3) is 0 Å². The van der Waals surface area contributed by atoms with Gasteiger partial charge in [0.05, 0.1) is 0 Å². The topological polar surface area (TPSA) is 74.0 Å². The largest absolute Gasteiger partial charge is 0.360 e. The van der Waals surface area contributed by atoms with Crippen molar-refractivity contribution >= 4 is 11.9 Å². The van der Waals surface area contributed by atoms with E-state index < -0.39 is 0 Å². The standard InChI is InChI=1S/C17H27N5O/c18-14-6-10-22(13-14)17(23)20-15-7-11-21(12-8-15)16-5-3-1-2-4-9-19-16/h1-2,4,9,14-15H,3,5-8,10-13,18H2,(H,20,23)/b2-1-,9-4-,19-16?. The number of piperidine rings is 1. The number of urea groups is 1. The highest BCUT2D eigenvalue weighted by Gasteiger charge is 2.27. The van der Waals surface area contributed by atoms with Crippen LogP contribution in [0.25, 0.3) is 0 Å². The molecule has 23 heavy (non-hydrogen) atoms. The molecule has 0 aromatic rings. The van der Waals surface area contributed by atoms with E-state index >= 15 is 0 Å². The second kappa shape index (κ2) is 7.64. The Morgan fingerprint density at radius 2 is 2.04 bits per heavy atom. The lowest BCUT2D eigenvalue weighted by Crippen LogP contribution is -2.50. The molecule has 6 nitrogen and oxygen atoms in total. The van der Waals surface area contributed by atoms with Gasteiger partial charge in [0.2, 0.25) is 0 Å². The third-order valence-corrected chi connectivity index (χ3v) is 4.79. The Balaban J connectivity index is 1.46. The first-order chi connectivity index (χ1) is 11.2. The van der Waals surface area contributed by atoms with Crippen molar-refractivity contribution in [3.8, 4) is 0 Å². The van der Waals surface area contributed by atoms with Crippen molar-refractivity contribution in [2.45, 2.75) is 44.2 Å². The molecule has 3 N–H and O–H groups in total. The van der Waals surface area contributed by atoms with Gasteiger partial charge in [-0.2, -0.15) is 0 Å². The molecule has 0 radical (unpaired) electrons. The van der Waals surface area contributed by atoms with Crippen molar-refractivity contribution < 1.29 is 4.79 Å². The summed E-state index contributed by atoms with van der Waals surface area (Å²) in [6, 6.07) is 0.454. The average molecular weight is 317 g/mol. The highest BCUT2D eigenvalue weighted by atomic mass is 16.2. The summed E-state index contributed by atoms with van der Waals surface area (Å²) in [6.45, 7) is 3.38. The zero-order chi connectivity index (χ0) is 16.1. The lowest BCUT2D eigenvalue weighted by molar-refractivity contribution is 0.195. The van der Waals surface area contributed by atoms with Gasteiger partial charge >= 0.3 is 6.03 Å². The predicted octanol–water partition coefficient (Wildman–Crippen LogP) is 1.46. The van der Waals surface area contributed by atoms with Crippen LogP contribution in [0, 0.1) is 0 Å². The number of likely N-dealkylation sites (tertiary alicyclic amines) is 2. The van der Waals surface area contributed by atoms with Crippen molar-refractivity contribution in [1.29, 1.82) is 0 Å². The Labute approximate surface area is 138 Å². The number of nitrogens with two attached hydrogens (primary N) is 1. The number of allylic oxidation sites excluding steroid dienone is 3. The molecule has 3 aliphatic rings. The summed E-state index contributed by atoms with van der Waals surface area (Å²) in [5.74, 6) is 1.17. The Kier molecular flexibility index (Phi) is 5.33. The second-order valence-corrected chi connectivity index (χ2v) is 6.56. The minimum atomic E-state index is 0.0489. The van der Waals surface area contributed by atoms with E-state index in [0.717, 1.165) is 51.7 Å². The maximum Gasteiger partial charge on any atom is 0.317 e. The fourth-order valence-corrected chi connectivity index (χ4v) is 3.39. The van der Waals surface area contributed by atoms with E-state index in [1.165, 1.54) is 5.84 Å². The SMILES string of the molecule is NC1CCN(C(=O)NC2CCN(C3=N/C=C\C=C/CC3)CC2)C1. The van der Waals surface area contributed by atoms with E-state index in [1.54, 1.807) is 0 Å². The summed E-state index contributed by atoms with van der Waals surface area (Å²) in [7, 11) is 0. The minimum Gasteiger partial charge on any atom is -0.360 e. The fourth-order valence-electron chi connectivity index (χ4n) is 3.39. The summed E-state index contributed by atoms with van der Waals surface area (Å²) in [6.07, 6.45) is 13.0. The smallest absolute Gasteiger partial charge is 0.317 e. The van der Waals surface area contributed by atoms with Gasteiger partial charge in [0, 0.05) is 50.9 Å². The Bertz CT molecular complexity index is 505. The van der Waals surface area contributed by atoms with E-state index in [0.29, 0.717) is 6.54 Å². The molecule has 3 rings (SSSR count). The number of rotatable bonds is 1. The van der Waals surface area contributed by atoms with Crippen molar-refractivity contribution in [3.05, 3.63) is 24.4 Å². The molecule has 1 unspecified atom stereocenters. The Hall–Kier alpha value is -1.82. The molecule has 0 aliphatic carbocycles. The summed E-state index contributed by atoms with van der Waals surface area (Å²) in [5.41, 5.74) is 5.87. The normalized spacial score (nSPS) is 28.7. The first kappa shape index (κ1) is 16.1. The van der Waals surface area contributed by atoms with Crippen LogP contribution in [-0.4, -0.2) is 59.9 Å². The van der Waals surface area contributed by atoms with E-state index in [9.17, 15) is 4.79 Å². The number of nitrogens with zero attached hydrogens (tertiary/aromatic N) is 3. The van der Waals surface area contributed by atoms with Crippen molar-refractivity contribution in [2.24, 2.45) is 10.7 Å². The van der Waals surface area contributed by atoms with E-state index in [4.69, 9.17) is 5.73 Å². The van der Waals surface area contributed by atoms with E-state index in [-0.39, 0.29) is 18.1 Å².